The predicted octanol–water partition coefficient (Wildman–Crippen LogP) is 4.51. The van der Waals surface area contributed by atoms with Gasteiger partial charge in [0.15, 0.2) is 17.1 Å². The van der Waals surface area contributed by atoms with Crippen LogP contribution in [0.4, 0.5) is 11.4 Å². The molecule has 0 aliphatic rings. The van der Waals surface area contributed by atoms with E-state index in [0.29, 0.717) is 35.7 Å². The summed E-state index contributed by atoms with van der Waals surface area (Å²) in [7, 11) is 0. The van der Waals surface area contributed by atoms with Crippen LogP contribution in [0.3, 0.4) is 0 Å². The molecule has 7 heteroatoms. The average Bonchev–Trinajstić information content (AvgIpc) is 2.79. The zero-order valence-electron chi connectivity index (χ0n) is 18.2. The van der Waals surface area contributed by atoms with Gasteiger partial charge >= 0.3 is 0 Å². The van der Waals surface area contributed by atoms with Gasteiger partial charge in [0.1, 0.15) is 6.61 Å². The maximum Gasteiger partial charge on any atom is 0.197 e. The van der Waals surface area contributed by atoms with Crippen LogP contribution in [0.25, 0.3) is 0 Å². The number of ketones is 1. The maximum absolute atomic E-state index is 12.6. The highest BCUT2D eigenvalue weighted by Gasteiger charge is 2.31. The average molecular weight is 437 g/mol. The van der Waals surface area contributed by atoms with Gasteiger partial charge in [0.05, 0.1) is 6.61 Å². The van der Waals surface area contributed by atoms with Crippen LogP contribution < -0.4 is 16.4 Å². The van der Waals surface area contributed by atoms with E-state index in [-0.39, 0.29) is 12.4 Å². The fraction of sp³-hybridized carbons (Fsp3) is 0.240. The van der Waals surface area contributed by atoms with Crippen molar-refractivity contribution in [2.45, 2.75) is 32.5 Å². The first-order valence-corrected chi connectivity index (χ1v) is 10.3. The molecule has 32 heavy (non-hydrogen) atoms. The predicted molar refractivity (Wildman–Crippen MR) is 123 cm³/mol. The molecule has 0 bridgehead atoms. The first kappa shape index (κ1) is 23.3. The molecule has 0 heterocycles. The summed E-state index contributed by atoms with van der Waals surface area (Å²) in [6.07, 6.45) is 0.604. The van der Waals surface area contributed by atoms with Crippen molar-refractivity contribution in [2.24, 2.45) is 0 Å². The van der Waals surface area contributed by atoms with Gasteiger partial charge in [0, 0.05) is 23.4 Å². The second-order valence-corrected chi connectivity index (χ2v) is 7.81. The van der Waals surface area contributed by atoms with E-state index in [1.165, 1.54) is 0 Å². The van der Waals surface area contributed by atoms with E-state index >= 15 is 0 Å². The molecule has 0 aliphatic heterocycles. The van der Waals surface area contributed by atoms with Gasteiger partial charge in [-0.15, -0.1) is 0 Å². The van der Waals surface area contributed by atoms with Gasteiger partial charge in [0.25, 0.3) is 0 Å². The molecule has 0 radical (unpaired) electrons. The summed E-state index contributed by atoms with van der Waals surface area (Å²) in [6.45, 7) is 3.88. The van der Waals surface area contributed by atoms with Crippen LogP contribution >= 0.6 is 0 Å². The van der Waals surface area contributed by atoms with Crippen molar-refractivity contribution in [3.63, 3.8) is 0 Å². The number of carbonyl (C=O) groups excluding carboxylic acids is 1. The lowest BCUT2D eigenvalue weighted by atomic mass is 9.97. The van der Waals surface area contributed by atoms with Gasteiger partial charge in [-0.25, -0.2) is 9.78 Å². The molecular weight excluding hydrogens is 408 g/mol. The van der Waals surface area contributed by atoms with Crippen LogP contribution in [0.2, 0.25) is 0 Å². The van der Waals surface area contributed by atoms with Crippen molar-refractivity contribution >= 4 is 17.2 Å². The number of carbonyl (C=O) groups is 1. The third-order valence-electron chi connectivity index (χ3n) is 4.78. The highest BCUT2D eigenvalue weighted by Crippen LogP contribution is 2.20. The summed E-state index contributed by atoms with van der Waals surface area (Å²) < 4.78 is 0. The number of rotatable bonds is 11. The first-order valence-electron chi connectivity index (χ1n) is 10.3. The second-order valence-electron chi connectivity index (χ2n) is 7.81. The Morgan fingerprint density at radius 2 is 1.62 bits per heavy atom. The maximum atomic E-state index is 12.6. The molecule has 0 amide bonds. The molecule has 0 unspecified atom stereocenters. The third-order valence-corrected chi connectivity index (χ3v) is 4.78. The molecule has 0 atom stereocenters. The van der Waals surface area contributed by atoms with Gasteiger partial charge in [-0.1, -0.05) is 48.5 Å². The van der Waals surface area contributed by atoms with Crippen LogP contribution in [-0.2, 0) is 27.7 Å². The fourth-order valence-electron chi connectivity index (χ4n) is 2.96. The smallest absolute Gasteiger partial charge is 0.197 e. The minimum Gasteiger partial charge on any atom is -0.399 e. The number of hydrogen-bond acceptors (Lipinski definition) is 7. The van der Waals surface area contributed by atoms with Crippen molar-refractivity contribution in [3.8, 4) is 5.75 Å². The molecule has 0 aliphatic carbocycles. The molecule has 4 N–H and O–H groups in total. The quantitative estimate of drug-likeness (QED) is 0.150. The topological polar surface area (TPSA) is 106 Å². The SMILES string of the molecule is CC(C)(OOCc1ccc(OOCCc2ccc(N)cc2N)cc1)C(=O)c1ccccc1. The lowest BCUT2D eigenvalue weighted by molar-refractivity contribution is -0.345. The van der Waals surface area contributed by atoms with E-state index in [4.69, 9.17) is 31.0 Å². The van der Waals surface area contributed by atoms with Crippen LogP contribution in [0.1, 0.15) is 35.3 Å². The van der Waals surface area contributed by atoms with Crippen molar-refractivity contribution in [2.75, 3.05) is 18.1 Å². The molecule has 3 rings (SSSR count). The number of benzene rings is 3. The summed E-state index contributed by atoms with van der Waals surface area (Å²) in [5.74, 6) is 0.402. The first-order chi connectivity index (χ1) is 15.3. The van der Waals surface area contributed by atoms with Crippen LogP contribution in [0.15, 0.2) is 72.8 Å². The fourth-order valence-corrected chi connectivity index (χ4v) is 2.96. The number of nitrogen functional groups attached to an aromatic ring is 2. The number of anilines is 2. The monoisotopic (exact) mass is 436 g/mol. The van der Waals surface area contributed by atoms with Crippen molar-refractivity contribution in [1.29, 1.82) is 0 Å². The Kier molecular flexibility index (Phi) is 7.83. The molecule has 0 fully saturated rings. The van der Waals surface area contributed by atoms with Crippen molar-refractivity contribution in [3.05, 3.63) is 89.5 Å². The summed E-state index contributed by atoms with van der Waals surface area (Å²) in [5.41, 5.74) is 14.2. The van der Waals surface area contributed by atoms with E-state index in [0.717, 1.165) is 11.1 Å². The summed E-state index contributed by atoms with van der Waals surface area (Å²) in [6, 6.07) is 21.5. The zero-order valence-corrected chi connectivity index (χ0v) is 18.2. The molecule has 0 spiro atoms. The summed E-state index contributed by atoms with van der Waals surface area (Å²) in [4.78, 5) is 33.8. The van der Waals surface area contributed by atoms with Gasteiger partial charge < -0.3 is 16.4 Å². The number of Topliss-reactive ketones (excluding diaryl/α,β-unsaturated/α-hetero) is 1. The molecule has 0 saturated heterocycles. The summed E-state index contributed by atoms with van der Waals surface area (Å²) in [5, 5.41) is 0. The molecule has 0 saturated carbocycles. The van der Waals surface area contributed by atoms with Gasteiger partial charge in [-0.2, -0.15) is 4.89 Å². The Labute approximate surface area is 187 Å². The molecule has 7 nitrogen and oxygen atoms in total. The molecule has 3 aromatic carbocycles. The van der Waals surface area contributed by atoms with Gasteiger partial charge in [-0.3, -0.25) is 4.79 Å². The second kappa shape index (κ2) is 10.8. The molecule has 3 aromatic rings. The Morgan fingerprint density at radius 1 is 0.906 bits per heavy atom. The number of nitrogens with two attached hydrogens (primary N) is 2. The van der Waals surface area contributed by atoms with Gasteiger partial charge in [0.2, 0.25) is 0 Å². The zero-order chi connectivity index (χ0) is 23.0. The van der Waals surface area contributed by atoms with Gasteiger partial charge in [-0.05, 0) is 49.2 Å². The van der Waals surface area contributed by atoms with E-state index in [2.05, 4.69) is 0 Å². The van der Waals surface area contributed by atoms with E-state index in [1.54, 1.807) is 50.2 Å². The van der Waals surface area contributed by atoms with Crippen molar-refractivity contribution < 1.29 is 24.3 Å². The lowest BCUT2D eigenvalue weighted by Crippen LogP contribution is -2.35. The Bertz CT molecular complexity index is 1020. The standard InChI is InChI=1S/C25H28N2O5/c1-25(2,24(28)20-6-4-3-5-7-20)32-30-17-18-8-12-22(13-9-18)31-29-15-14-19-10-11-21(26)16-23(19)27/h3-13,16H,14-15,17,26-27H2,1-2H3. The largest absolute Gasteiger partial charge is 0.399 e. The third kappa shape index (κ3) is 6.55. The van der Waals surface area contributed by atoms with Crippen LogP contribution in [0.5, 0.6) is 5.75 Å². The highest BCUT2D eigenvalue weighted by molar-refractivity contribution is 6.01. The minimum atomic E-state index is -1.11. The molecule has 168 valence electrons. The molecule has 0 aromatic heterocycles. The van der Waals surface area contributed by atoms with E-state index < -0.39 is 5.60 Å². The Balaban J connectivity index is 1.40. The van der Waals surface area contributed by atoms with E-state index in [1.807, 2.05) is 36.4 Å². The summed E-state index contributed by atoms with van der Waals surface area (Å²) >= 11 is 0. The number of hydrogen-bond donors (Lipinski definition) is 2. The normalized spacial score (nSPS) is 11.3. The van der Waals surface area contributed by atoms with Crippen LogP contribution in [-0.4, -0.2) is 18.0 Å². The lowest BCUT2D eigenvalue weighted by Gasteiger charge is -2.22. The van der Waals surface area contributed by atoms with Crippen LogP contribution in [0, 0.1) is 0 Å². The van der Waals surface area contributed by atoms with E-state index in [9.17, 15) is 4.79 Å². The minimum absolute atomic E-state index is 0.153. The Morgan fingerprint density at radius 3 is 2.31 bits per heavy atom. The van der Waals surface area contributed by atoms with Crippen molar-refractivity contribution in [1.82, 2.24) is 0 Å². The highest BCUT2D eigenvalue weighted by atomic mass is 17.2. The Hall–Kier alpha value is -3.39. The molecular formula is C25H28N2O5.